The van der Waals surface area contributed by atoms with Crippen LogP contribution in [-0.4, -0.2) is 34.4 Å². The SMILES string of the molecule is CSCCC(NC(=O)CCCN)c1nc2ccccc2[nH]1.Cl.Cl. The first-order valence-corrected chi connectivity index (χ1v) is 8.57. The smallest absolute Gasteiger partial charge is 0.220 e. The highest BCUT2D eigenvalue weighted by Gasteiger charge is 2.17. The van der Waals surface area contributed by atoms with Crippen molar-refractivity contribution in [1.29, 1.82) is 0 Å². The van der Waals surface area contributed by atoms with Gasteiger partial charge in [0.25, 0.3) is 0 Å². The minimum atomic E-state index is -0.0740. The van der Waals surface area contributed by atoms with Crippen molar-refractivity contribution in [2.45, 2.75) is 25.3 Å². The van der Waals surface area contributed by atoms with Crippen molar-refractivity contribution in [2.24, 2.45) is 5.73 Å². The average Bonchev–Trinajstić information content (AvgIpc) is 2.93. The molecule has 1 aromatic carbocycles. The molecule has 0 aliphatic rings. The standard InChI is InChI=1S/C15H22N4OS.2ClH/c1-21-10-8-13(17-14(20)7-4-9-16)15-18-11-5-2-3-6-12(11)19-15;;/h2-3,5-6,13H,4,7-10,16H2,1H3,(H,17,20)(H,18,19);2*1H. The second-order valence-electron chi connectivity index (χ2n) is 4.93. The van der Waals surface area contributed by atoms with Crippen LogP contribution >= 0.6 is 36.6 Å². The quantitative estimate of drug-likeness (QED) is 0.658. The second-order valence-corrected chi connectivity index (χ2v) is 5.92. The number of fused-ring (bicyclic) bond motifs is 1. The Bertz CT molecular complexity index is 561. The predicted octanol–water partition coefficient (Wildman–Crippen LogP) is 3.06. The third-order valence-corrected chi connectivity index (χ3v) is 3.94. The van der Waals surface area contributed by atoms with Crippen LogP contribution in [0.5, 0.6) is 0 Å². The number of carbonyl (C=O) groups is 1. The largest absolute Gasteiger partial charge is 0.346 e. The molecule has 2 rings (SSSR count). The fraction of sp³-hybridized carbons (Fsp3) is 0.467. The van der Waals surface area contributed by atoms with Gasteiger partial charge in [0.15, 0.2) is 0 Å². The molecule has 1 unspecified atom stereocenters. The van der Waals surface area contributed by atoms with Gasteiger partial charge in [0.2, 0.25) is 5.91 Å². The number of carbonyl (C=O) groups excluding carboxylic acids is 1. The van der Waals surface area contributed by atoms with Gasteiger partial charge in [0.05, 0.1) is 17.1 Å². The Morgan fingerprint density at radius 2 is 2.13 bits per heavy atom. The summed E-state index contributed by atoms with van der Waals surface area (Å²) in [6.45, 7) is 0.535. The molecule has 130 valence electrons. The lowest BCUT2D eigenvalue weighted by Crippen LogP contribution is -2.30. The molecule has 0 aliphatic heterocycles. The lowest BCUT2D eigenvalue weighted by atomic mass is 10.2. The Hall–Kier alpha value is -0.950. The molecule has 0 spiro atoms. The molecular formula is C15H24Cl2N4OS. The first kappa shape index (κ1) is 22.1. The van der Waals surface area contributed by atoms with E-state index in [9.17, 15) is 4.79 Å². The zero-order chi connectivity index (χ0) is 15.1. The van der Waals surface area contributed by atoms with Gasteiger partial charge in [-0.3, -0.25) is 4.79 Å². The summed E-state index contributed by atoms with van der Waals surface area (Å²) in [5.41, 5.74) is 7.37. The van der Waals surface area contributed by atoms with Crippen molar-refractivity contribution in [3.63, 3.8) is 0 Å². The van der Waals surface area contributed by atoms with Crippen LogP contribution in [0.2, 0.25) is 0 Å². The topological polar surface area (TPSA) is 83.8 Å². The van der Waals surface area contributed by atoms with Crippen LogP contribution < -0.4 is 11.1 Å². The van der Waals surface area contributed by atoms with E-state index in [0.29, 0.717) is 19.4 Å². The second kappa shape index (κ2) is 11.6. The van der Waals surface area contributed by atoms with Crippen LogP contribution in [0.25, 0.3) is 11.0 Å². The number of aromatic amines is 1. The molecule has 23 heavy (non-hydrogen) atoms. The number of nitrogens with two attached hydrogens (primary N) is 1. The van der Waals surface area contributed by atoms with Crippen molar-refractivity contribution in [1.82, 2.24) is 15.3 Å². The van der Waals surface area contributed by atoms with Crippen LogP contribution in [0.3, 0.4) is 0 Å². The highest BCUT2D eigenvalue weighted by molar-refractivity contribution is 7.98. The number of para-hydroxylation sites is 2. The van der Waals surface area contributed by atoms with Gasteiger partial charge in [-0.05, 0) is 43.5 Å². The molecule has 0 bridgehead atoms. The Morgan fingerprint density at radius 3 is 2.78 bits per heavy atom. The summed E-state index contributed by atoms with van der Waals surface area (Å²) >= 11 is 1.76. The maximum Gasteiger partial charge on any atom is 0.220 e. The summed E-state index contributed by atoms with van der Waals surface area (Å²) in [6.07, 6.45) is 4.09. The van der Waals surface area contributed by atoms with Gasteiger partial charge >= 0.3 is 0 Å². The molecule has 1 heterocycles. The number of benzene rings is 1. The number of hydrogen-bond donors (Lipinski definition) is 3. The zero-order valence-electron chi connectivity index (χ0n) is 13.1. The molecule has 0 radical (unpaired) electrons. The number of rotatable bonds is 8. The Labute approximate surface area is 153 Å². The monoisotopic (exact) mass is 378 g/mol. The highest BCUT2D eigenvalue weighted by atomic mass is 35.5. The maximum atomic E-state index is 11.9. The van der Waals surface area contributed by atoms with Crippen LogP contribution in [0.1, 0.15) is 31.1 Å². The summed E-state index contributed by atoms with van der Waals surface area (Å²) in [5.74, 6) is 1.83. The predicted molar refractivity (Wildman–Crippen MR) is 103 cm³/mol. The molecule has 1 atom stereocenters. The number of imidazole rings is 1. The average molecular weight is 379 g/mol. The molecule has 2 aromatic rings. The van der Waals surface area contributed by atoms with Crippen LogP contribution in [0.4, 0.5) is 0 Å². The van der Waals surface area contributed by atoms with Crippen molar-refractivity contribution in [3.8, 4) is 0 Å². The summed E-state index contributed by atoms with van der Waals surface area (Å²) in [4.78, 5) is 19.9. The first-order valence-electron chi connectivity index (χ1n) is 7.17. The Kier molecular flexibility index (Phi) is 11.1. The summed E-state index contributed by atoms with van der Waals surface area (Å²) in [5, 5.41) is 3.06. The van der Waals surface area contributed by atoms with E-state index in [-0.39, 0.29) is 36.8 Å². The van der Waals surface area contributed by atoms with E-state index in [0.717, 1.165) is 29.0 Å². The first-order chi connectivity index (χ1) is 10.2. The van der Waals surface area contributed by atoms with Crippen molar-refractivity contribution >= 4 is 53.5 Å². The van der Waals surface area contributed by atoms with Crippen LogP contribution in [0.15, 0.2) is 24.3 Å². The molecule has 4 N–H and O–H groups in total. The van der Waals surface area contributed by atoms with Gasteiger partial charge in [-0.1, -0.05) is 12.1 Å². The van der Waals surface area contributed by atoms with Crippen molar-refractivity contribution in [2.75, 3.05) is 18.6 Å². The fourth-order valence-electron chi connectivity index (χ4n) is 2.18. The van der Waals surface area contributed by atoms with Crippen molar-refractivity contribution < 1.29 is 4.79 Å². The van der Waals surface area contributed by atoms with Gasteiger partial charge in [-0.25, -0.2) is 4.98 Å². The summed E-state index contributed by atoms with van der Waals surface area (Å²) in [7, 11) is 0. The van der Waals surface area contributed by atoms with E-state index in [1.165, 1.54) is 0 Å². The van der Waals surface area contributed by atoms with Gasteiger partial charge < -0.3 is 16.0 Å². The molecular weight excluding hydrogens is 355 g/mol. The fourth-order valence-corrected chi connectivity index (χ4v) is 2.65. The van der Waals surface area contributed by atoms with Crippen LogP contribution in [-0.2, 0) is 4.79 Å². The lowest BCUT2D eigenvalue weighted by molar-refractivity contribution is -0.122. The van der Waals surface area contributed by atoms with E-state index in [1.54, 1.807) is 11.8 Å². The van der Waals surface area contributed by atoms with E-state index >= 15 is 0 Å². The molecule has 8 heteroatoms. The lowest BCUT2D eigenvalue weighted by Gasteiger charge is -2.16. The number of amides is 1. The van der Waals surface area contributed by atoms with E-state index in [2.05, 4.69) is 21.5 Å². The third kappa shape index (κ3) is 6.59. The minimum absolute atomic E-state index is 0. The zero-order valence-corrected chi connectivity index (χ0v) is 15.5. The number of H-pyrrole nitrogens is 1. The molecule has 1 amide bonds. The molecule has 0 saturated heterocycles. The van der Waals surface area contributed by atoms with Crippen molar-refractivity contribution in [3.05, 3.63) is 30.1 Å². The molecule has 0 aliphatic carbocycles. The molecule has 0 saturated carbocycles. The number of halogens is 2. The number of aromatic nitrogens is 2. The number of hydrogen-bond acceptors (Lipinski definition) is 4. The van der Waals surface area contributed by atoms with E-state index < -0.39 is 0 Å². The number of nitrogens with zero attached hydrogens (tertiary/aromatic N) is 1. The number of thioether (sulfide) groups is 1. The molecule has 5 nitrogen and oxygen atoms in total. The summed E-state index contributed by atoms with van der Waals surface area (Å²) < 4.78 is 0. The maximum absolute atomic E-state index is 11.9. The Morgan fingerprint density at radius 1 is 1.39 bits per heavy atom. The molecule has 0 fully saturated rings. The third-order valence-electron chi connectivity index (χ3n) is 3.29. The van der Waals surface area contributed by atoms with E-state index in [1.807, 2.05) is 24.3 Å². The summed E-state index contributed by atoms with van der Waals surface area (Å²) in [6, 6.07) is 7.82. The van der Waals surface area contributed by atoms with Gasteiger partial charge in [0.1, 0.15) is 5.82 Å². The van der Waals surface area contributed by atoms with Crippen LogP contribution in [0, 0.1) is 0 Å². The number of nitrogens with one attached hydrogen (secondary N) is 2. The van der Waals surface area contributed by atoms with E-state index in [4.69, 9.17) is 5.73 Å². The molecule has 1 aromatic heterocycles. The Balaban J connectivity index is 0.00000242. The normalized spacial score (nSPS) is 11.4. The highest BCUT2D eigenvalue weighted by Crippen LogP contribution is 2.20. The van der Waals surface area contributed by atoms with Gasteiger partial charge in [-0.15, -0.1) is 24.8 Å². The van der Waals surface area contributed by atoms with Gasteiger partial charge in [0, 0.05) is 6.42 Å². The van der Waals surface area contributed by atoms with Gasteiger partial charge in [-0.2, -0.15) is 11.8 Å². The minimum Gasteiger partial charge on any atom is -0.346 e.